The van der Waals surface area contributed by atoms with E-state index in [1.807, 2.05) is 32.0 Å². The molecule has 106 valence electrons. The number of hydrogen-bond acceptors (Lipinski definition) is 6. The van der Waals surface area contributed by atoms with Gasteiger partial charge in [0.2, 0.25) is 11.9 Å². The van der Waals surface area contributed by atoms with Crippen molar-refractivity contribution >= 4 is 5.95 Å². The zero-order valence-electron chi connectivity index (χ0n) is 11.7. The molecule has 2 N–H and O–H groups in total. The molecular weight excluding hydrogens is 268 g/mol. The lowest BCUT2D eigenvalue weighted by molar-refractivity contribution is 0.436. The van der Waals surface area contributed by atoms with Crippen LogP contribution in [0.25, 0.3) is 5.95 Å². The smallest absolute Gasteiger partial charge is 0.328 e. The number of aromatic nitrogens is 5. The van der Waals surface area contributed by atoms with E-state index in [1.54, 1.807) is 23.3 Å². The fourth-order valence-electron chi connectivity index (χ4n) is 1.83. The van der Waals surface area contributed by atoms with Gasteiger partial charge in [-0.25, -0.2) is 4.98 Å². The van der Waals surface area contributed by atoms with Crippen molar-refractivity contribution in [2.45, 2.75) is 13.8 Å². The van der Waals surface area contributed by atoms with Gasteiger partial charge in [0.25, 0.3) is 0 Å². The minimum atomic E-state index is 0.0917. The number of nitrogens with zero attached hydrogens (tertiary/aromatic N) is 5. The number of benzene rings is 1. The van der Waals surface area contributed by atoms with Gasteiger partial charge in [0.1, 0.15) is 12.1 Å². The predicted molar refractivity (Wildman–Crippen MR) is 77.4 cm³/mol. The normalized spacial score (nSPS) is 10.6. The quantitative estimate of drug-likeness (QED) is 0.790. The SMILES string of the molecule is Cc1cccc(Oc2nc(N)nc(-n3ccnc3)n2)c1C. The number of nitrogen functional groups attached to an aromatic ring is 1. The summed E-state index contributed by atoms with van der Waals surface area (Å²) in [5, 5.41) is 0. The first-order valence-corrected chi connectivity index (χ1v) is 6.37. The molecule has 2 heterocycles. The Bertz CT molecular complexity index is 769. The summed E-state index contributed by atoms with van der Waals surface area (Å²) < 4.78 is 7.37. The summed E-state index contributed by atoms with van der Waals surface area (Å²) in [6.45, 7) is 3.99. The van der Waals surface area contributed by atoms with Gasteiger partial charge in [-0.2, -0.15) is 15.0 Å². The van der Waals surface area contributed by atoms with Gasteiger partial charge in [0.15, 0.2) is 0 Å². The highest BCUT2D eigenvalue weighted by Gasteiger charge is 2.10. The van der Waals surface area contributed by atoms with Crippen molar-refractivity contribution in [3.63, 3.8) is 0 Å². The number of nitrogens with two attached hydrogens (primary N) is 1. The van der Waals surface area contributed by atoms with Crippen LogP contribution in [0, 0.1) is 13.8 Å². The Hall–Kier alpha value is -2.96. The molecule has 0 radical (unpaired) electrons. The number of aryl methyl sites for hydroxylation is 1. The number of rotatable bonds is 3. The second kappa shape index (κ2) is 5.20. The van der Waals surface area contributed by atoms with Crippen LogP contribution in [0.3, 0.4) is 0 Å². The molecule has 0 fully saturated rings. The maximum atomic E-state index is 5.73. The summed E-state index contributed by atoms with van der Waals surface area (Å²) in [7, 11) is 0. The van der Waals surface area contributed by atoms with Gasteiger partial charge in [-0.1, -0.05) is 12.1 Å². The molecule has 0 unspecified atom stereocenters. The number of anilines is 1. The zero-order chi connectivity index (χ0) is 14.8. The molecule has 0 bridgehead atoms. The third kappa shape index (κ3) is 2.66. The summed E-state index contributed by atoms with van der Waals surface area (Å²) in [5.74, 6) is 1.14. The minimum Gasteiger partial charge on any atom is -0.424 e. The van der Waals surface area contributed by atoms with Crippen LogP contribution in [0.15, 0.2) is 36.9 Å². The molecule has 2 aromatic heterocycles. The predicted octanol–water partition coefficient (Wildman–Crippen LogP) is 2.05. The first-order chi connectivity index (χ1) is 10.1. The van der Waals surface area contributed by atoms with E-state index in [4.69, 9.17) is 10.5 Å². The number of imidazole rings is 1. The maximum Gasteiger partial charge on any atom is 0.328 e. The first kappa shape index (κ1) is 13.0. The van der Waals surface area contributed by atoms with Crippen LogP contribution >= 0.6 is 0 Å². The van der Waals surface area contributed by atoms with Crippen LogP contribution in [-0.4, -0.2) is 24.5 Å². The lowest BCUT2D eigenvalue weighted by atomic mass is 10.1. The molecule has 0 saturated carbocycles. The molecule has 0 spiro atoms. The third-order valence-electron chi connectivity index (χ3n) is 3.11. The van der Waals surface area contributed by atoms with Crippen LogP contribution in [0.2, 0.25) is 0 Å². The monoisotopic (exact) mass is 282 g/mol. The van der Waals surface area contributed by atoms with Gasteiger partial charge < -0.3 is 10.5 Å². The molecule has 0 aliphatic rings. The lowest BCUT2D eigenvalue weighted by Gasteiger charge is -2.10. The molecule has 3 rings (SSSR count). The lowest BCUT2D eigenvalue weighted by Crippen LogP contribution is -2.06. The molecular formula is C14H14N6O. The van der Waals surface area contributed by atoms with E-state index in [-0.39, 0.29) is 12.0 Å². The second-order valence-electron chi connectivity index (χ2n) is 4.55. The average molecular weight is 282 g/mol. The molecule has 0 aliphatic carbocycles. The highest BCUT2D eigenvalue weighted by Crippen LogP contribution is 2.25. The standard InChI is InChI=1S/C14H14N6O/c1-9-4-3-5-11(10(9)2)21-14-18-12(15)17-13(19-14)20-7-6-16-8-20/h3-8H,1-2H3,(H2,15,17,18,19). The van der Waals surface area contributed by atoms with Gasteiger partial charge in [0, 0.05) is 12.4 Å². The molecule has 1 aromatic carbocycles. The highest BCUT2D eigenvalue weighted by atomic mass is 16.5. The topological polar surface area (TPSA) is 91.7 Å². The third-order valence-corrected chi connectivity index (χ3v) is 3.11. The Morgan fingerprint density at radius 2 is 2.00 bits per heavy atom. The van der Waals surface area contributed by atoms with E-state index in [9.17, 15) is 0 Å². The Balaban J connectivity index is 1.98. The van der Waals surface area contributed by atoms with E-state index in [1.165, 1.54) is 0 Å². The number of ether oxygens (including phenoxy) is 1. The van der Waals surface area contributed by atoms with E-state index >= 15 is 0 Å². The van der Waals surface area contributed by atoms with E-state index < -0.39 is 0 Å². The maximum absolute atomic E-state index is 5.73. The van der Waals surface area contributed by atoms with Gasteiger partial charge in [-0.15, -0.1) is 0 Å². The average Bonchev–Trinajstić information content (AvgIpc) is 2.97. The summed E-state index contributed by atoms with van der Waals surface area (Å²) in [4.78, 5) is 16.3. The van der Waals surface area contributed by atoms with Crippen LogP contribution in [-0.2, 0) is 0 Å². The Kier molecular flexibility index (Phi) is 3.23. The Morgan fingerprint density at radius 3 is 2.76 bits per heavy atom. The molecule has 0 amide bonds. The largest absolute Gasteiger partial charge is 0.424 e. The van der Waals surface area contributed by atoms with E-state index in [2.05, 4.69) is 19.9 Å². The van der Waals surface area contributed by atoms with Crippen LogP contribution in [0.5, 0.6) is 11.8 Å². The Labute approximate surface area is 121 Å². The summed E-state index contributed by atoms with van der Waals surface area (Å²) >= 11 is 0. The van der Waals surface area contributed by atoms with Crippen molar-refractivity contribution in [3.8, 4) is 17.7 Å². The zero-order valence-corrected chi connectivity index (χ0v) is 11.7. The van der Waals surface area contributed by atoms with Crippen molar-refractivity contribution in [2.24, 2.45) is 0 Å². The van der Waals surface area contributed by atoms with Gasteiger partial charge >= 0.3 is 6.01 Å². The van der Waals surface area contributed by atoms with Crippen molar-refractivity contribution < 1.29 is 4.74 Å². The molecule has 0 saturated heterocycles. The summed E-state index contributed by atoms with van der Waals surface area (Å²) in [6, 6.07) is 5.94. The first-order valence-electron chi connectivity index (χ1n) is 6.37. The minimum absolute atomic E-state index is 0.0917. The van der Waals surface area contributed by atoms with Crippen molar-refractivity contribution in [2.75, 3.05) is 5.73 Å². The fraction of sp³-hybridized carbons (Fsp3) is 0.143. The highest BCUT2D eigenvalue weighted by molar-refractivity contribution is 5.40. The van der Waals surface area contributed by atoms with Gasteiger partial charge in [0.05, 0.1) is 0 Å². The summed E-state index contributed by atoms with van der Waals surface area (Å²) in [6.07, 6.45) is 4.93. The fourth-order valence-corrected chi connectivity index (χ4v) is 1.83. The Morgan fingerprint density at radius 1 is 1.14 bits per heavy atom. The van der Waals surface area contributed by atoms with Gasteiger partial charge in [-0.05, 0) is 31.0 Å². The molecule has 21 heavy (non-hydrogen) atoms. The van der Waals surface area contributed by atoms with Crippen LogP contribution in [0.4, 0.5) is 5.95 Å². The van der Waals surface area contributed by atoms with Gasteiger partial charge in [-0.3, -0.25) is 4.57 Å². The van der Waals surface area contributed by atoms with E-state index in [0.717, 1.165) is 11.1 Å². The van der Waals surface area contributed by atoms with Crippen molar-refractivity contribution in [1.29, 1.82) is 0 Å². The molecule has 7 nitrogen and oxygen atoms in total. The number of hydrogen-bond donors (Lipinski definition) is 1. The van der Waals surface area contributed by atoms with Crippen molar-refractivity contribution in [1.82, 2.24) is 24.5 Å². The summed E-state index contributed by atoms with van der Waals surface area (Å²) in [5.41, 5.74) is 7.87. The molecule has 0 aliphatic heterocycles. The van der Waals surface area contributed by atoms with Crippen LogP contribution < -0.4 is 10.5 Å². The van der Waals surface area contributed by atoms with Crippen molar-refractivity contribution in [3.05, 3.63) is 48.0 Å². The van der Waals surface area contributed by atoms with E-state index in [0.29, 0.717) is 11.7 Å². The van der Waals surface area contributed by atoms with Crippen LogP contribution in [0.1, 0.15) is 11.1 Å². The molecule has 3 aromatic rings. The molecule has 7 heteroatoms. The molecule has 0 atom stereocenters. The second-order valence-corrected chi connectivity index (χ2v) is 4.55.